The van der Waals surface area contributed by atoms with Gasteiger partial charge in [-0.25, -0.2) is 4.79 Å². The molecule has 0 aliphatic rings. The number of carboxylic acids is 1. The largest absolute Gasteiger partial charge is 0.481 e. The maximum absolute atomic E-state index is 11.7. The van der Waals surface area contributed by atoms with Crippen LogP contribution in [0.1, 0.15) is 19.2 Å². The standard InChI is InChI=1S/C10H16N4O4/c1-2-14(6-4-9(15)16)10(17)11-5-3-8-12-7-13-18-8/h7H,2-6H2,1H3,(H,11,17)(H,15,16). The predicted octanol–water partition coefficient (Wildman–Crippen LogP) is 0.118. The van der Waals surface area contributed by atoms with Crippen LogP contribution in [0.4, 0.5) is 4.79 Å². The molecule has 0 aliphatic heterocycles. The fourth-order valence-corrected chi connectivity index (χ4v) is 1.33. The minimum Gasteiger partial charge on any atom is -0.481 e. The summed E-state index contributed by atoms with van der Waals surface area (Å²) < 4.78 is 4.78. The molecular formula is C10H16N4O4. The van der Waals surface area contributed by atoms with Gasteiger partial charge in [0.15, 0.2) is 6.33 Å². The van der Waals surface area contributed by atoms with Crippen LogP contribution in [0.5, 0.6) is 0 Å². The molecule has 2 N–H and O–H groups in total. The fraction of sp³-hybridized carbons (Fsp3) is 0.600. The first kappa shape index (κ1) is 13.9. The molecule has 0 saturated carbocycles. The summed E-state index contributed by atoms with van der Waals surface area (Å²) in [7, 11) is 0. The Morgan fingerprint density at radius 3 is 2.89 bits per heavy atom. The van der Waals surface area contributed by atoms with Gasteiger partial charge in [-0.3, -0.25) is 4.79 Å². The molecule has 8 heteroatoms. The van der Waals surface area contributed by atoms with Crippen LogP contribution in [-0.4, -0.2) is 51.8 Å². The van der Waals surface area contributed by atoms with Gasteiger partial charge in [-0.2, -0.15) is 4.98 Å². The molecule has 18 heavy (non-hydrogen) atoms. The first-order valence-electron chi connectivity index (χ1n) is 5.63. The molecule has 100 valence electrons. The van der Waals surface area contributed by atoms with Crippen molar-refractivity contribution in [3.63, 3.8) is 0 Å². The summed E-state index contributed by atoms with van der Waals surface area (Å²) in [6.07, 6.45) is 1.68. The van der Waals surface area contributed by atoms with E-state index in [2.05, 4.69) is 15.5 Å². The summed E-state index contributed by atoms with van der Waals surface area (Å²) in [4.78, 5) is 27.3. The van der Waals surface area contributed by atoms with Gasteiger partial charge in [-0.05, 0) is 6.92 Å². The molecule has 0 saturated heterocycles. The van der Waals surface area contributed by atoms with E-state index in [9.17, 15) is 9.59 Å². The highest BCUT2D eigenvalue weighted by molar-refractivity contribution is 5.75. The number of aliphatic carboxylic acids is 1. The van der Waals surface area contributed by atoms with Crippen LogP contribution in [0.3, 0.4) is 0 Å². The summed E-state index contributed by atoms with van der Waals surface area (Å²) in [6.45, 7) is 2.81. The number of nitrogens with zero attached hydrogens (tertiary/aromatic N) is 3. The first-order chi connectivity index (χ1) is 8.63. The van der Waals surface area contributed by atoms with Crippen molar-refractivity contribution in [1.82, 2.24) is 20.4 Å². The van der Waals surface area contributed by atoms with Gasteiger partial charge in [0.05, 0.1) is 6.42 Å². The molecule has 1 aromatic heterocycles. The Morgan fingerprint density at radius 1 is 1.56 bits per heavy atom. The van der Waals surface area contributed by atoms with Gasteiger partial charge in [-0.15, -0.1) is 0 Å². The molecule has 1 rings (SSSR count). The van der Waals surface area contributed by atoms with Crippen LogP contribution in [0, 0.1) is 0 Å². The summed E-state index contributed by atoms with van der Waals surface area (Å²) >= 11 is 0. The van der Waals surface area contributed by atoms with Gasteiger partial charge < -0.3 is 19.8 Å². The van der Waals surface area contributed by atoms with Crippen LogP contribution >= 0.6 is 0 Å². The molecule has 8 nitrogen and oxygen atoms in total. The number of hydrogen-bond acceptors (Lipinski definition) is 5. The second-order valence-electron chi connectivity index (χ2n) is 3.54. The highest BCUT2D eigenvalue weighted by atomic mass is 16.5. The Labute approximate surface area is 104 Å². The average molecular weight is 256 g/mol. The quantitative estimate of drug-likeness (QED) is 0.717. The Hall–Kier alpha value is -2.12. The maximum Gasteiger partial charge on any atom is 0.317 e. The lowest BCUT2D eigenvalue weighted by Crippen LogP contribution is -2.41. The molecule has 2 amide bonds. The Balaban J connectivity index is 2.26. The average Bonchev–Trinajstić information content (AvgIpc) is 2.82. The number of aromatic nitrogens is 2. The minimum absolute atomic E-state index is 0.0646. The number of carbonyl (C=O) groups excluding carboxylic acids is 1. The number of rotatable bonds is 7. The van der Waals surface area contributed by atoms with Crippen LogP contribution in [0.15, 0.2) is 10.9 Å². The molecular weight excluding hydrogens is 240 g/mol. The van der Waals surface area contributed by atoms with Crippen LogP contribution in [-0.2, 0) is 11.2 Å². The molecule has 1 aromatic rings. The van der Waals surface area contributed by atoms with E-state index in [1.165, 1.54) is 11.2 Å². The zero-order chi connectivity index (χ0) is 13.4. The van der Waals surface area contributed by atoms with E-state index in [0.29, 0.717) is 25.4 Å². The van der Waals surface area contributed by atoms with E-state index < -0.39 is 5.97 Å². The highest BCUT2D eigenvalue weighted by Crippen LogP contribution is 1.94. The third-order valence-electron chi connectivity index (χ3n) is 2.29. The molecule has 0 bridgehead atoms. The Morgan fingerprint density at radius 2 is 2.33 bits per heavy atom. The van der Waals surface area contributed by atoms with E-state index in [4.69, 9.17) is 9.63 Å². The lowest BCUT2D eigenvalue weighted by Gasteiger charge is -2.20. The van der Waals surface area contributed by atoms with Crippen molar-refractivity contribution in [2.45, 2.75) is 19.8 Å². The second kappa shape index (κ2) is 7.25. The molecule has 0 fully saturated rings. The maximum atomic E-state index is 11.7. The third kappa shape index (κ3) is 4.81. The molecule has 0 atom stereocenters. The summed E-state index contributed by atoms with van der Waals surface area (Å²) in [5, 5.41) is 14.7. The zero-order valence-corrected chi connectivity index (χ0v) is 10.1. The van der Waals surface area contributed by atoms with Crippen molar-refractivity contribution in [1.29, 1.82) is 0 Å². The smallest absolute Gasteiger partial charge is 0.317 e. The van der Waals surface area contributed by atoms with Crippen molar-refractivity contribution in [2.75, 3.05) is 19.6 Å². The van der Waals surface area contributed by atoms with Gasteiger partial charge >= 0.3 is 12.0 Å². The Bertz CT molecular complexity index is 379. The molecule has 0 unspecified atom stereocenters. The lowest BCUT2D eigenvalue weighted by molar-refractivity contribution is -0.137. The fourth-order valence-electron chi connectivity index (χ4n) is 1.33. The summed E-state index contributed by atoms with van der Waals surface area (Å²) in [6, 6.07) is -0.293. The molecule has 1 heterocycles. The normalized spacial score (nSPS) is 10.1. The van der Waals surface area contributed by atoms with Gasteiger partial charge in [0, 0.05) is 26.1 Å². The SMILES string of the molecule is CCN(CCC(=O)O)C(=O)NCCc1ncno1. The number of nitrogens with one attached hydrogen (secondary N) is 1. The number of amides is 2. The van der Waals surface area contributed by atoms with Crippen molar-refractivity contribution in [2.24, 2.45) is 0 Å². The molecule has 0 aliphatic carbocycles. The zero-order valence-electron chi connectivity index (χ0n) is 10.1. The number of carbonyl (C=O) groups is 2. The monoisotopic (exact) mass is 256 g/mol. The predicted molar refractivity (Wildman–Crippen MR) is 60.9 cm³/mol. The number of urea groups is 1. The van der Waals surface area contributed by atoms with Crippen LogP contribution < -0.4 is 5.32 Å². The van der Waals surface area contributed by atoms with Crippen LogP contribution in [0.25, 0.3) is 0 Å². The molecule has 0 aromatic carbocycles. The summed E-state index contributed by atoms with van der Waals surface area (Å²) in [5.74, 6) is -0.476. The van der Waals surface area contributed by atoms with Gasteiger partial charge in [-0.1, -0.05) is 5.16 Å². The Kier molecular flexibility index (Phi) is 5.62. The van der Waals surface area contributed by atoms with Crippen molar-refractivity contribution >= 4 is 12.0 Å². The van der Waals surface area contributed by atoms with E-state index in [1.807, 2.05) is 0 Å². The number of hydrogen-bond donors (Lipinski definition) is 2. The van der Waals surface area contributed by atoms with Crippen molar-refractivity contribution in [3.05, 3.63) is 12.2 Å². The summed E-state index contributed by atoms with van der Waals surface area (Å²) in [5.41, 5.74) is 0. The van der Waals surface area contributed by atoms with E-state index in [0.717, 1.165) is 0 Å². The molecule has 0 spiro atoms. The van der Waals surface area contributed by atoms with E-state index >= 15 is 0 Å². The minimum atomic E-state index is -0.924. The van der Waals surface area contributed by atoms with Gasteiger partial charge in [0.2, 0.25) is 5.89 Å². The topological polar surface area (TPSA) is 109 Å². The first-order valence-corrected chi connectivity index (χ1v) is 5.63. The third-order valence-corrected chi connectivity index (χ3v) is 2.29. The van der Waals surface area contributed by atoms with Crippen LogP contribution in [0.2, 0.25) is 0 Å². The van der Waals surface area contributed by atoms with E-state index in [1.54, 1.807) is 6.92 Å². The van der Waals surface area contributed by atoms with Gasteiger partial charge in [0.25, 0.3) is 0 Å². The number of carboxylic acid groups (broad SMARTS) is 1. The van der Waals surface area contributed by atoms with Gasteiger partial charge in [0.1, 0.15) is 0 Å². The lowest BCUT2D eigenvalue weighted by atomic mass is 10.4. The second-order valence-corrected chi connectivity index (χ2v) is 3.54. The highest BCUT2D eigenvalue weighted by Gasteiger charge is 2.12. The molecule has 0 radical (unpaired) electrons. The van der Waals surface area contributed by atoms with E-state index in [-0.39, 0.29) is 19.0 Å². The van der Waals surface area contributed by atoms with Crippen molar-refractivity contribution in [3.8, 4) is 0 Å². The van der Waals surface area contributed by atoms with Crippen molar-refractivity contribution < 1.29 is 19.2 Å².